The molecule has 0 spiro atoms. The fourth-order valence-corrected chi connectivity index (χ4v) is 11.2. The third-order valence-corrected chi connectivity index (χ3v) is 13.9. The molecular formula is C60H36O2. The number of benzene rings is 10. The summed E-state index contributed by atoms with van der Waals surface area (Å²) in [5.74, 6) is 3.88. The molecule has 2 aliphatic heterocycles. The molecule has 10 aromatic carbocycles. The monoisotopic (exact) mass is 788 g/mol. The summed E-state index contributed by atoms with van der Waals surface area (Å²) in [6.07, 6.45) is 7.47. The van der Waals surface area contributed by atoms with Gasteiger partial charge < -0.3 is 9.47 Å². The Balaban J connectivity index is 1.07. The Labute approximate surface area is 359 Å². The topological polar surface area (TPSA) is 18.5 Å². The molecule has 0 N–H and O–H groups in total. The summed E-state index contributed by atoms with van der Waals surface area (Å²) in [7, 11) is 0. The summed E-state index contributed by atoms with van der Waals surface area (Å²) >= 11 is 0. The average Bonchev–Trinajstić information content (AvgIpc) is 3.34. The summed E-state index contributed by atoms with van der Waals surface area (Å²) < 4.78 is 13.2. The van der Waals surface area contributed by atoms with Crippen LogP contribution in [-0.4, -0.2) is 0 Å². The van der Waals surface area contributed by atoms with Crippen LogP contribution in [0.15, 0.2) is 200 Å². The molecule has 0 radical (unpaired) electrons. The van der Waals surface area contributed by atoms with Crippen LogP contribution >= 0.6 is 0 Å². The Morgan fingerprint density at radius 3 is 1.60 bits per heavy atom. The van der Waals surface area contributed by atoms with Crippen molar-refractivity contribution >= 4 is 44.0 Å². The van der Waals surface area contributed by atoms with Crippen molar-refractivity contribution in [2.24, 2.45) is 0 Å². The number of allylic oxidation sites excluding steroid dienone is 2. The lowest BCUT2D eigenvalue weighted by atomic mass is 9.67. The maximum Gasteiger partial charge on any atom is 0.135 e. The van der Waals surface area contributed by atoms with E-state index in [1.54, 1.807) is 0 Å². The van der Waals surface area contributed by atoms with Crippen molar-refractivity contribution in [3.63, 3.8) is 0 Å². The zero-order chi connectivity index (χ0) is 40.5. The quantitative estimate of drug-likeness (QED) is 0.177. The molecule has 0 aromatic heterocycles. The molecule has 62 heavy (non-hydrogen) atoms. The van der Waals surface area contributed by atoms with Gasteiger partial charge in [-0.15, -0.1) is 0 Å². The predicted octanol–water partition coefficient (Wildman–Crippen LogP) is 16.4. The maximum atomic E-state index is 6.60. The first kappa shape index (κ1) is 33.8. The zero-order valence-electron chi connectivity index (χ0n) is 33.6. The Morgan fingerprint density at radius 1 is 0.339 bits per heavy atom. The second kappa shape index (κ2) is 12.8. The van der Waals surface area contributed by atoms with Gasteiger partial charge in [-0.1, -0.05) is 176 Å². The van der Waals surface area contributed by atoms with E-state index in [2.05, 4.69) is 194 Å². The number of hydrogen-bond acceptors (Lipinski definition) is 2. The second-order valence-electron chi connectivity index (χ2n) is 17.0. The minimum Gasteiger partial charge on any atom is -0.456 e. The molecule has 288 valence electrons. The van der Waals surface area contributed by atoms with Gasteiger partial charge in [0.05, 0.1) is 0 Å². The van der Waals surface area contributed by atoms with Gasteiger partial charge in [0.25, 0.3) is 0 Å². The van der Waals surface area contributed by atoms with E-state index < -0.39 is 0 Å². The van der Waals surface area contributed by atoms with Gasteiger partial charge in [-0.05, 0) is 119 Å². The second-order valence-corrected chi connectivity index (χ2v) is 17.0. The van der Waals surface area contributed by atoms with Crippen molar-refractivity contribution < 1.29 is 9.47 Å². The number of fused-ring (bicyclic) bond motifs is 4. The summed E-state index contributed by atoms with van der Waals surface area (Å²) in [6.45, 7) is 0. The van der Waals surface area contributed by atoms with Crippen molar-refractivity contribution in [3.8, 4) is 67.5 Å². The van der Waals surface area contributed by atoms with Crippen LogP contribution in [0.2, 0.25) is 0 Å². The highest BCUT2D eigenvalue weighted by Crippen LogP contribution is 2.57. The SMILES string of the molecule is C1=CC2c3c(ccc4c(-c5ccccc5)cc(-c5ccc6c7c(cccc57)-c5ccccc5O6)c1c34)C(c1ccc3c4c(cccc14)-c1ccccc1O3)=CC2c1ccccc1. The molecule has 4 aliphatic rings. The first-order chi connectivity index (χ1) is 30.8. The average molecular weight is 789 g/mol. The molecule has 2 heterocycles. The molecule has 14 rings (SSSR count). The molecule has 2 atom stereocenters. The molecule has 10 aromatic rings. The van der Waals surface area contributed by atoms with Crippen molar-refractivity contribution in [2.45, 2.75) is 11.8 Å². The van der Waals surface area contributed by atoms with E-state index in [1.165, 1.54) is 93.7 Å². The Hall–Kier alpha value is -7.94. The number of hydrogen-bond donors (Lipinski definition) is 0. The fourth-order valence-electron chi connectivity index (χ4n) is 11.2. The van der Waals surface area contributed by atoms with Gasteiger partial charge in [0.1, 0.15) is 23.0 Å². The first-order valence-corrected chi connectivity index (χ1v) is 21.6. The highest BCUT2D eigenvalue weighted by atomic mass is 16.5. The lowest BCUT2D eigenvalue weighted by molar-refractivity contribution is 0.487. The molecule has 0 saturated heterocycles. The normalized spacial score (nSPS) is 16.0. The van der Waals surface area contributed by atoms with Crippen LogP contribution in [0.3, 0.4) is 0 Å². The molecule has 0 amide bonds. The van der Waals surface area contributed by atoms with Crippen LogP contribution in [0.1, 0.15) is 39.7 Å². The predicted molar refractivity (Wildman–Crippen MR) is 255 cm³/mol. The number of ether oxygens (including phenoxy) is 2. The molecule has 0 bridgehead atoms. The zero-order valence-corrected chi connectivity index (χ0v) is 33.6. The summed E-state index contributed by atoms with van der Waals surface area (Å²) in [6, 6.07) is 68.5. The lowest BCUT2D eigenvalue weighted by Gasteiger charge is -2.36. The van der Waals surface area contributed by atoms with E-state index in [-0.39, 0.29) is 11.8 Å². The highest BCUT2D eigenvalue weighted by molar-refractivity contribution is 6.17. The smallest absolute Gasteiger partial charge is 0.135 e. The third-order valence-electron chi connectivity index (χ3n) is 13.9. The van der Waals surface area contributed by atoms with Crippen LogP contribution in [0, 0.1) is 0 Å². The van der Waals surface area contributed by atoms with E-state index in [1.807, 2.05) is 12.1 Å². The molecular weight excluding hydrogens is 753 g/mol. The van der Waals surface area contributed by atoms with E-state index >= 15 is 0 Å². The van der Waals surface area contributed by atoms with Crippen LogP contribution < -0.4 is 9.47 Å². The highest BCUT2D eigenvalue weighted by Gasteiger charge is 2.36. The van der Waals surface area contributed by atoms with Crippen LogP contribution in [-0.2, 0) is 0 Å². The summed E-state index contributed by atoms with van der Waals surface area (Å²) in [5, 5.41) is 7.34. The summed E-state index contributed by atoms with van der Waals surface area (Å²) in [4.78, 5) is 0. The van der Waals surface area contributed by atoms with E-state index in [4.69, 9.17) is 9.47 Å². The fraction of sp³-hybridized carbons (Fsp3) is 0.0333. The minimum absolute atomic E-state index is 0.123. The van der Waals surface area contributed by atoms with Crippen molar-refractivity contribution in [1.29, 1.82) is 0 Å². The van der Waals surface area contributed by atoms with E-state index in [0.29, 0.717) is 0 Å². The molecule has 2 unspecified atom stereocenters. The Bertz CT molecular complexity index is 3630. The maximum absolute atomic E-state index is 6.60. The molecule has 0 fully saturated rings. The Morgan fingerprint density at radius 2 is 0.903 bits per heavy atom. The number of para-hydroxylation sites is 2. The van der Waals surface area contributed by atoms with Gasteiger partial charge in [0, 0.05) is 33.7 Å². The van der Waals surface area contributed by atoms with Crippen LogP contribution in [0.5, 0.6) is 23.0 Å². The van der Waals surface area contributed by atoms with Gasteiger partial charge in [-0.2, -0.15) is 0 Å². The standard InChI is InChI=1S/C60H36O2/c1-3-13-35(14-4-1)49-33-51(37-29-31-55-57-41(37)19-11-21-43(57)39-17-7-9-23-53(39)61-55)47-28-26-46-50(36-15-5-2-6-16-36)34-52(48-27-25-45(49)59(47)60(46)48)38-30-32-56-58-42(38)20-12-22-44(58)40-18-8-10-24-54(40)62-56/h1-34,45,49H. The van der Waals surface area contributed by atoms with Gasteiger partial charge in [-0.25, -0.2) is 0 Å². The minimum atomic E-state index is 0.123. The summed E-state index contributed by atoms with van der Waals surface area (Å²) in [5.41, 5.74) is 17.3. The van der Waals surface area contributed by atoms with Crippen LogP contribution in [0.4, 0.5) is 0 Å². The molecule has 0 saturated carbocycles. The number of rotatable bonds is 4. The van der Waals surface area contributed by atoms with Gasteiger partial charge in [0.15, 0.2) is 0 Å². The molecule has 2 heteroatoms. The van der Waals surface area contributed by atoms with Gasteiger partial charge >= 0.3 is 0 Å². The molecule has 2 aliphatic carbocycles. The lowest BCUT2D eigenvalue weighted by Crippen LogP contribution is -2.18. The Kier molecular flexibility index (Phi) is 6.98. The van der Waals surface area contributed by atoms with E-state index in [0.717, 1.165) is 39.5 Å². The van der Waals surface area contributed by atoms with E-state index in [9.17, 15) is 0 Å². The first-order valence-electron chi connectivity index (χ1n) is 21.6. The molecule has 2 nitrogen and oxygen atoms in total. The van der Waals surface area contributed by atoms with Crippen molar-refractivity contribution in [2.75, 3.05) is 0 Å². The van der Waals surface area contributed by atoms with Crippen molar-refractivity contribution in [1.82, 2.24) is 0 Å². The third kappa shape index (κ3) is 4.69. The van der Waals surface area contributed by atoms with Gasteiger partial charge in [0.2, 0.25) is 0 Å². The van der Waals surface area contributed by atoms with Gasteiger partial charge in [-0.3, -0.25) is 0 Å². The van der Waals surface area contributed by atoms with Crippen LogP contribution in [0.25, 0.3) is 88.5 Å². The largest absolute Gasteiger partial charge is 0.456 e. The van der Waals surface area contributed by atoms with Crippen molar-refractivity contribution in [3.05, 3.63) is 228 Å².